The van der Waals surface area contributed by atoms with Crippen molar-refractivity contribution in [1.29, 1.82) is 0 Å². The maximum atomic E-state index is 12.2. The van der Waals surface area contributed by atoms with E-state index in [1.807, 2.05) is 13.8 Å². The number of nitrogens with zero attached hydrogens (tertiary/aromatic N) is 2. The second kappa shape index (κ2) is 9.34. The van der Waals surface area contributed by atoms with Gasteiger partial charge in [0.25, 0.3) is 11.8 Å². The van der Waals surface area contributed by atoms with Crippen LogP contribution >= 0.6 is 0 Å². The Bertz CT molecular complexity index is 559. The monoisotopic (exact) mass is 334 g/mol. The zero-order valence-electron chi connectivity index (χ0n) is 14.4. The van der Waals surface area contributed by atoms with E-state index in [1.54, 1.807) is 18.2 Å². The van der Waals surface area contributed by atoms with Gasteiger partial charge in [0.1, 0.15) is 11.4 Å². The second-order valence-electron chi connectivity index (χ2n) is 5.90. The van der Waals surface area contributed by atoms with Crippen LogP contribution in [0.1, 0.15) is 41.2 Å². The van der Waals surface area contributed by atoms with E-state index in [1.165, 1.54) is 0 Å². The Balaban J connectivity index is 1.85. The van der Waals surface area contributed by atoms with Crippen LogP contribution in [0.25, 0.3) is 0 Å². The topological polar surface area (TPSA) is 83.6 Å². The molecule has 1 aliphatic heterocycles. The molecule has 7 heteroatoms. The van der Waals surface area contributed by atoms with Gasteiger partial charge in [0, 0.05) is 32.2 Å². The Morgan fingerprint density at radius 2 is 1.92 bits per heavy atom. The number of aromatic nitrogens is 1. The normalized spacial score (nSPS) is 16.4. The molecule has 0 radical (unpaired) electrons. The van der Waals surface area contributed by atoms with Crippen LogP contribution in [0.4, 0.5) is 0 Å². The Morgan fingerprint density at radius 1 is 1.25 bits per heavy atom. The molecule has 0 saturated carbocycles. The predicted molar refractivity (Wildman–Crippen MR) is 91.0 cm³/mol. The fourth-order valence-corrected chi connectivity index (χ4v) is 2.33. The second-order valence-corrected chi connectivity index (χ2v) is 5.90. The molecule has 0 spiro atoms. The van der Waals surface area contributed by atoms with Gasteiger partial charge in [0.2, 0.25) is 0 Å². The number of pyridine rings is 1. The van der Waals surface area contributed by atoms with Crippen LogP contribution in [-0.2, 0) is 4.74 Å². The zero-order chi connectivity index (χ0) is 17.4. The number of nitrogens with one attached hydrogen (secondary N) is 2. The van der Waals surface area contributed by atoms with E-state index in [2.05, 4.69) is 20.5 Å². The van der Waals surface area contributed by atoms with E-state index in [-0.39, 0.29) is 29.2 Å². The molecule has 7 nitrogen and oxygen atoms in total. The van der Waals surface area contributed by atoms with Crippen molar-refractivity contribution in [3.63, 3.8) is 0 Å². The minimum atomic E-state index is -0.263. The molecule has 1 saturated heterocycles. The fraction of sp³-hybridized carbons (Fsp3) is 0.588. The van der Waals surface area contributed by atoms with E-state index in [4.69, 9.17) is 4.74 Å². The average Bonchev–Trinajstić information content (AvgIpc) is 2.62. The zero-order valence-corrected chi connectivity index (χ0v) is 14.4. The van der Waals surface area contributed by atoms with Crippen LogP contribution in [0.2, 0.25) is 0 Å². The van der Waals surface area contributed by atoms with Crippen molar-refractivity contribution in [3.8, 4) is 0 Å². The van der Waals surface area contributed by atoms with Crippen LogP contribution in [0, 0.1) is 0 Å². The summed E-state index contributed by atoms with van der Waals surface area (Å²) in [6.45, 7) is 8.51. The molecular formula is C17H26N4O3. The lowest BCUT2D eigenvalue weighted by atomic mass is 10.2. The van der Waals surface area contributed by atoms with Gasteiger partial charge in [-0.3, -0.25) is 14.5 Å². The maximum absolute atomic E-state index is 12.2. The number of morpholine rings is 1. The van der Waals surface area contributed by atoms with Crippen LogP contribution in [0.15, 0.2) is 18.2 Å². The Labute approximate surface area is 142 Å². The first-order valence-corrected chi connectivity index (χ1v) is 8.46. The van der Waals surface area contributed by atoms with Crippen LogP contribution in [-0.4, -0.2) is 67.1 Å². The third-order valence-electron chi connectivity index (χ3n) is 4.02. The molecule has 2 rings (SSSR count). The first-order chi connectivity index (χ1) is 11.6. The molecule has 2 heterocycles. The summed E-state index contributed by atoms with van der Waals surface area (Å²) in [6, 6.07) is 4.98. The summed E-state index contributed by atoms with van der Waals surface area (Å²) in [4.78, 5) is 30.7. The number of hydrogen-bond donors (Lipinski definition) is 2. The quantitative estimate of drug-likeness (QED) is 0.766. The number of hydrogen-bond acceptors (Lipinski definition) is 5. The average molecular weight is 334 g/mol. The number of amides is 2. The van der Waals surface area contributed by atoms with E-state index < -0.39 is 0 Å². The standard InChI is InChI=1S/C17H26N4O3/c1-3-13(2)19-17(23)15-6-4-5-14(20-15)16(22)18-7-8-21-9-11-24-12-10-21/h4-6,13H,3,7-12H2,1-2H3,(H,18,22)(H,19,23). The number of rotatable bonds is 7. The molecule has 1 fully saturated rings. The van der Waals surface area contributed by atoms with Crippen molar-refractivity contribution in [1.82, 2.24) is 20.5 Å². The first-order valence-electron chi connectivity index (χ1n) is 8.46. The SMILES string of the molecule is CCC(C)NC(=O)c1cccc(C(=O)NCCN2CCOCC2)n1. The lowest BCUT2D eigenvalue weighted by molar-refractivity contribution is 0.0383. The summed E-state index contributed by atoms with van der Waals surface area (Å²) in [5.74, 6) is -0.520. The summed E-state index contributed by atoms with van der Waals surface area (Å²) in [5, 5.41) is 5.70. The molecule has 1 aromatic rings. The number of carbonyl (C=O) groups excluding carboxylic acids is 2. The lowest BCUT2D eigenvalue weighted by Crippen LogP contribution is -2.41. The largest absolute Gasteiger partial charge is 0.379 e. The molecule has 0 aliphatic carbocycles. The van der Waals surface area contributed by atoms with Gasteiger partial charge in [-0.1, -0.05) is 13.0 Å². The number of carbonyl (C=O) groups is 2. The highest BCUT2D eigenvalue weighted by Gasteiger charge is 2.14. The van der Waals surface area contributed by atoms with Gasteiger partial charge in [0.05, 0.1) is 13.2 Å². The first kappa shape index (κ1) is 18.4. The fourth-order valence-electron chi connectivity index (χ4n) is 2.33. The third-order valence-corrected chi connectivity index (χ3v) is 4.02. The molecule has 0 aromatic carbocycles. The highest BCUT2D eigenvalue weighted by molar-refractivity contribution is 5.96. The summed E-state index contributed by atoms with van der Waals surface area (Å²) in [6.07, 6.45) is 0.841. The third kappa shape index (κ3) is 5.58. The molecule has 1 atom stereocenters. The Kier molecular flexibility index (Phi) is 7.14. The van der Waals surface area contributed by atoms with Crippen molar-refractivity contribution < 1.29 is 14.3 Å². The van der Waals surface area contributed by atoms with Gasteiger partial charge >= 0.3 is 0 Å². The number of ether oxygens (including phenoxy) is 1. The van der Waals surface area contributed by atoms with Crippen molar-refractivity contribution in [2.75, 3.05) is 39.4 Å². The van der Waals surface area contributed by atoms with Crippen molar-refractivity contribution >= 4 is 11.8 Å². The van der Waals surface area contributed by atoms with Gasteiger partial charge < -0.3 is 15.4 Å². The minimum Gasteiger partial charge on any atom is -0.379 e. The molecule has 2 amide bonds. The summed E-state index contributed by atoms with van der Waals surface area (Å²) >= 11 is 0. The van der Waals surface area contributed by atoms with Gasteiger partial charge in [0.15, 0.2) is 0 Å². The van der Waals surface area contributed by atoms with E-state index >= 15 is 0 Å². The molecule has 1 unspecified atom stereocenters. The van der Waals surface area contributed by atoms with Gasteiger partial charge in [-0.15, -0.1) is 0 Å². The highest BCUT2D eigenvalue weighted by atomic mass is 16.5. The van der Waals surface area contributed by atoms with Gasteiger partial charge in [-0.2, -0.15) is 0 Å². The smallest absolute Gasteiger partial charge is 0.270 e. The van der Waals surface area contributed by atoms with Crippen LogP contribution in [0.3, 0.4) is 0 Å². The van der Waals surface area contributed by atoms with E-state index in [9.17, 15) is 9.59 Å². The molecule has 0 bridgehead atoms. The Hall–Kier alpha value is -1.99. The van der Waals surface area contributed by atoms with Gasteiger partial charge in [-0.25, -0.2) is 4.98 Å². The van der Waals surface area contributed by atoms with E-state index in [0.29, 0.717) is 6.54 Å². The molecule has 132 valence electrons. The maximum Gasteiger partial charge on any atom is 0.270 e. The predicted octanol–water partition coefficient (Wildman–Crippen LogP) is 0.672. The summed E-state index contributed by atoms with van der Waals surface area (Å²) in [5.41, 5.74) is 0.518. The van der Waals surface area contributed by atoms with Crippen molar-refractivity contribution in [2.24, 2.45) is 0 Å². The summed E-state index contributed by atoms with van der Waals surface area (Å²) in [7, 11) is 0. The van der Waals surface area contributed by atoms with Gasteiger partial charge in [-0.05, 0) is 25.5 Å². The molecule has 24 heavy (non-hydrogen) atoms. The van der Waals surface area contributed by atoms with Crippen molar-refractivity contribution in [3.05, 3.63) is 29.6 Å². The highest BCUT2D eigenvalue weighted by Crippen LogP contribution is 2.02. The van der Waals surface area contributed by atoms with E-state index in [0.717, 1.165) is 39.3 Å². The van der Waals surface area contributed by atoms with Crippen molar-refractivity contribution in [2.45, 2.75) is 26.3 Å². The summed E-state index contributed by atoms with van der Waals surface area (Å²) < 4.78 is 5.29. The minimum absolute atomic E-state index is 0.0744. The van der Waals surface area contributed by atoms with Crippen LogP contribution in [0.5, 0.6) is 0 Å². The van der Waals surface area contributed by atoms with Crippen LogP contribution < -0.4 is 10.6 Å². The lowest BCUT2D eigenvalue weighted by Gasteiger charge is -2.26. The molecule has 1 aliphatic rings. The molecule has 2 N–H and O–H groups in total. The molecular weight excluding hydrogens is 308 g/mol. The Morgan fingerprint density at radius 3 is 2.58 bits per heavy atom. The molecule has 1 aromatic heterocycles.